The molecule has 0 bridgehead atoms. The number of methoxy groups -OCH3 is 1. The molecular formula is C20H27N2O2+. The molecule has 0 aromatic heterocycles. The van der Waals surface area contributed by atoms with Crippen molar-refractivity contribution in [3.8, 4) is 5.75 Å². The van der Waals surface area contributed by atoms with Gasteiger partial charge in [0, 0.05) is 11.3 Å². The van der Waals surface area contributed by atoms with E-state index in [0.29, 0.717) is 0 Å². The summed E-state index contributed by atoms with van der Waals surface area (Å²) >= 11 is 0. The van der Waals surface area contributed by atoms with Crippen LogP contribution < -0.4 is 15.0 Å². The van der Waals surface area contributed by atoms with E-state index in [1.165, 1.54) is 5.56 Å². The van der Waals surface area contributed by atoms with Crippen molar-refractivity contribution in [1.29, 1.82) is 0 Å². The molecule has 1 amide bonds. The van der Waals surface area contributed by atoms with Crippen molar-refractivity contribution in [1.82, 2.24) is 0 Å². The van der Waals surface area contributed by atoms with Crippen molar-refractivity contribution in [3.63, 3.8) is 0 Å². The van der Waals surface area contributed by atoms with Gasteiger partial charge in [-0.2, -0.15) is 0 Å². The van der Waals surface area contributed by atoms with Gasteiger partial charge in [-0.05, 0) is 43.2 Å². The number of hydrogen-bond acceptors (Lipinski definition) is 2. The third kappa shape index (κ3) is 4.83. The lowest BCUT2D eigenvalue weighted by Crippen LogP contribution is -3.12. The summed E-state index contributed by atoms with van der Waals surface area (Å²) < 4.78 is 5.25. The molecule has 1 unspecified atom stereocenters. The van der Waals surface area contributed by atoms with Crippen LogP contribution >= 0.6 is 0 Å². The van der Waals surface area contributed by atoms with Crippen LogP contribution in [0.2, 0.25) is 0 Å². The second-order valence-electron chi connectivity index (χ2n) is 6.14. The van der Waals surface area contributed by atoms with Crippen LogP contribution in [0.15, 0.2) is 48.5 Å². The van der Waals surface area contributed by atoms with Gasteiger partial charge in [-0.25, -0.2) is 0 Å². The van der Waals surface area contributed by atoms with Gasteiger partial charge < -0.3 is 15.0 Å². The standard InChI is InChI=1S/C20H26N2O2/c1-5-16-9-11-18(12-10-16)21-20(23)15(2)22(3)14-17-7-6-8-19(13-17)24-4/h6-13,15H,5,14H2,1-4H3,(H,21,23)/p+1/t15-/m0/s1. The molecular weight excluding hydrogens is 300 g/mol. The lowest BCUT2D eigenvalue weighted by Gasteiger charge is -2.21. The normalized spacial score (nSPS) is 13.2. The fourth-order valence-corrected chi connectivity index (χ4v) is 2.56. The summed E-state index contributed by atoms with van der Waals surface area (Å²) in [5, 5.41) is 3.00. The molecule has 0 saturated heterocycles. The molecule has 2 aromatic carbocycles. The lowest BCUT2D eigenvalue weighted by atomic mass is 10.1. The molecule has 4 heteroatoms. The van der Waals surface area contributed by atoms with Gasteiger partial charge in [-0.15, -0.1) is 0 Å². The van der Waals surface area contributed by atoms with Crippen molar-refractivity contribution in [3.05, 3.63) is 59.7 Å². The topological polar surface area (TPSA) is 42.8 Å². The second-order valence-corrected chi connectivity index (χ2v) is 6.14. The molecule has 2 atom stereocenters. The average Bonchev–Trinajstić information content (AvgIpc) is 2.61. The van der Waals surface area contributed by atoms with E-state index in [0.717, 1.165) is 34.9 Å². The molecule has 2 rings (SSSR count). The van der Waals surface area contributed by atoms with Gasteiger partial charge in [-0.3, -0.25) is 4.79 Å². The Labute approximate surface area is 144 Å². The molecule has 4 nitrogen and oxygen atoms in total. The van der Waals surface area contributed by atoms with Gasteiger partial charge in [0.2, 0.25) is 0 Å². The van der Waals surface area contributed by atoms with Crippen LogP contribution in [0.1, 0.15) is 25.0 Å². The predicted molar refractivity (Wildman–Crippen MR) is 97.5 cm³/mol. The van der Waals surface area contributed by atoms with Gasteiger partial charge in [-0.1, -0.05) is 31.2 Å². The first kappa shape index (κ1) is 18.0. The van der Waals surface area contributed by atoms with E-state index in [-0.39, 0.29) is 11.9 Å². The van der Waals surface area contributed by atoms with Gasteiger partial charge >= 0.3 is 0 Å². The van der Waals surface area contributed by atoms with Crippen LogP contribution in [0, 0.1) is 0 Å². The van der Waals surface area contributed by atoms with E-state index in [2.05, 4.69) is 18.3 Å². The molecule has 0 heterocycles. The number of benzene rings is 2. The smallest absolute Gasteiger partial charge is 0.282 e. The first-order valence-corrected chi connectivity index (χ1v) is 8.38. The largest absolute Gasteiger partial charge is 0.497 e. The molecule has 0 aliphatic carbocycles. The van der Waals surface area contributed by atoms with Crippen LogP contribution in [0.5, 0.6) is 5.75 Å². The van der Waals surface area contributed by atoms with Crippen molar-refractivity contribution >= 4 is 11.6 Å². The fourth-order valence-electron chi connectivity index (χ4n) is 2.56. The molecule has 2 aromatic rings. The number of carbonyl (C=O) groups excluding carboxylic acids is 1. The van der Waals surface area contributed by atoms with Crippen LogP contribution in [0.3, 0.4) is 0 Å². The molecule has 0 saturated carbocycles. The molecule has 128 valence electrons. The molecule has 0 fully saturated rings. The average molecular weight is 327 g/mol. The maximum absolute atomic E-state index is 12.5. The number of ether oxygens (including phenoxy) is 1. The highest BCUT2D eigenvalue weighted by Gasteiger charge is 2.22. The van der Waals surface area contributed by atoms with Gasteiger partial charge in [0.15, 0.2) is 6.04 Å². The summed E-state index contributed by atoms with van der Waals surface area (Å²) in [7, 11) is 3.69. The van der Waals surface area contributed by atoms with E-state index >= 15 is 0 Å². The summed E-state index contributed by atoms with van der Waals surface area (Å²) in [5.41, 5.74) is 3.26. The maximum Gasteiger partial charge on any atom is 0.282 e. The van der Waals surface area contributed by atoms with Crippen LogP contribution in [0.4, 0.5) is 5.69 Å². The number of hydrogen-bond donors (Lipinski definition) is 2. The monoisotopic (exact) mass is 327 g/mol. The zero-order chi connectivity index (χ0) is 17.5. The van der Waals surface area contributed by atoms with E-state index in [4.69, 9.17) is 4.74 Å². The van der Waals surface area contributed by atoms with Crippen molar-refractivity contribution in [2.24, 2.45) is 0 Å². The first-order valence-electron chi connectivity index (χ1n) is 8.38. The third-order valence-corrected chi connectivity index (χ3v) is 4.38. The molecule has 2 N–H and O–H groups in total. The summed E-state index contributed by atoms with van der Waals surface area (Å²) in [6.45, 7) is 4.83. The number of carbonyl (C=O) groups is 1. The van der Waals surface area contributed by atoms with E-state index < -0.39 is 0 Å². The Morgan fingerprint density at radius 2 is 1.88 bits per heavy atom. The lowest BCUT2D eigenvalue weighted by molar-refractivity contribution is -0.907. The fraction of sp³-hybridized carbons (Fsp3) is 0.350. The summed E-state index contributed by atoms with van der Waals surface area (Å²) in [6, 6.07) is 15.8. The Balaban J connectivity index is 1.95. The molecule has 0 radical (unpaired) electrons. The van der Waals surface area contributed by atoms with Crippen LogP contribution in [-0.4, -0.2) is 26.1 Å². The Kier molecular flexibility index (Phi) is 6.38. The minimum atomic E-state index is -0.151. The molecule has 0 aliphatic heterocycles. The highest BCUT2D eigenvalue weighted by Crippen LogP contribution is 2.12. The van der Waals surface area contributed by atoms with Crippen molar-refractivity contribution in [2.45, 2.75) is 32.9 Å². The van der Waals surface area contributed by atoms with E-state index in [1.54, 1.807) is 7.11 Å². The maximum atomic E-state index is 12.5. The summed E-state index contributed by atoms with van der Waals surface area (Å²) in [6.07, 6.45) is 0.998. The minimum Gasteiger partial charge on any atom is -0.497 e. The van der Waals surface area contributed by atoms with Gasteiger partial charge in [0.05, 0.1) is 14.2 Å². The minimum absolute atomic E-state index is 0.0274. The Bertz CT molecular complexity index is 668. The highest BCUT2D eigenvalue weighted by molar-refractivity contribution is 5.93. The number of amides is 1. The number of aryl methyl sites for hydroxylation is 1. The molecule has 0 aliphatic rings. The Hall–Kier alpha value is -2.33. The predicted octanol–water partition coefficient (Wildman–Crippen LogP) is 2.30. The van der Waals surface area contributed by atoms with E-state index in [1.807, 2.05) is 56.4 Å². The van der Waals surface area contributed by atoms with Crippen molar-refractivity contribution < 1.29 is 14.4 Å². The van der Waals surface area contributed by atoms with Gasteiger partial charge in [0.1, 0.15) is 12.3 Å². The zero-order valence-electron chi connectivity index (χ0n) is 14.9. The SMILES string of the molecule is CCc1ccc(NC(=O)[C@H](C)[NH+](C)Cc2cccc(OC)c2)cc1. The second kappa shape index (κ2) is 8.50. The molecule has 24 heavy (non-hydrogen) atoms. The van der Waals surface area contributed by atoms with Crippen molar-refractivity contribution in [2.75, 3.05) is 19.5 Å². The zero-order valence-corrected chi connectivity index (χ0v) is 14.9. The summed E-state index contributed by atoms with van der Waals surface area (Å²) in [5.74, 6) is 0.869. The molecule has 0 spiro atoms. The highest BCUT2D eigenvalue weighted by atomic mass is 16.5. The quantitative estimate of drug-likeness (QED) is 0.819. The number of quaternary nitrogens is 1. The first-order chi connectivity index (χ1) is 11.5. The Morgan fingerprint density at radius 1 is 1.17 bits per heavy atom. The van der Waals surface area contributed by atoms with Crippen LogP contribution in [0.25, 0.3) is 0 Å². The number of rotatable bonds is 7. The van der Waals surface area contributed by atoms with Gasteiger partial charge in [0.25, 0.3) is 5.91 Å². The number of anilines is 1. The van der Waals surface area contributed by atoms with Crippen LogP contribution in [-0.2, 0) is 17.8 Å². The van der Waals surface area contributed by atoms with E-state index in [9.17, 15) is 4.79 Å². The third-order valence-electron chi connectivity index (χ3n) is 4.38. The Morgan fingerprint density at radius 3 is 2.50 bits per heavy atom. The summed E-state index contributed by atoms with van der Waals surface area (Å²) in [4.78, 5) is 13.6. The number of likely N-dealkylation sites (N-methyl/N-ethyl adjacent to an activating group) is 1. The number of nitrogens with one attached hydrogen (secondary N) is 2.